The van der Waals surface area contributed by atoms with Gasteiger partial charge in [0.1, 0.15) is 11.5 Å². The van der Waals surface area contributed by atoms with E-state index in [-0.39, 0.29) is 17.5 Å². The van der Waals surface area contributed by atoms with Crippen molar-refractivity contribution < 1.29 is 33.3 Å². The molecule has 1 fully saturated rings. The average Bonchev–Trinajstić information content (AvgIpc) is 3.58. The number of anilines is 2. The number of rotatable bonds is 8. The second kappa shape index (κ2) is 11.1. The van der Waals surface area contributed by atoms with Gasteiger partial charge in [-0.25, -0.2) is 0 Å². The van der Waals surface area contributed by atoms with Crippen LogP contribution in [0.4, 0.5) is 11.4 Å². The van der Waals surface area contributed by atoms with Gasteiger partial charge < -0.3 is 29.2 Å². The first kappa shape index (κ1) is 29.2. The molecule has 0 radical (unpaired) electrons. The molecule has 0 aliphatic carbocycles. The van der Waals surface area contributed by atoms with Gasteiger partial charge in [-0.15, -0.1) is 0 Å². The molecule has 4 aromatic carbocycles. The third-order valence-corrected chi connectivity index (χ3v) is 9.43. The van der Waals surface area contributed by atoms with Gasteiger partial charge in [-0.1, -0.05) is 48.6 Å². The predicted molar refractivity (Wildman–Crippen MR) is 174 cm³/mol. The molecule has 4 aromatic rings. The van der Waals surface area contributed by atoms with Crippen molar-refractivity contribution in [2.24, 2.45) is 5.92 Å². The van der Waals surface area contributed by atoms with E-state index in [2.05, 4.69) is 5.32 Å². The molecule has 1 spiro atoms. The minimum atomic E-state index is -1.44. The number of nitrogens with one attached hydrogen (secondary N) is 1. The number of amides is 1. The van der Waals surface area contributed by atoms with E-state index in [1.54, 1.807) is 36.4 Å². The van der Waals surface area contributed by atoms with Crippen molar-refractivity contribution in [1.82, 2.24) is 0 Å². The zero-order valence-corrected chi connectivity index (χ0v) is 25.8. The SMILES string of the molecule is COc1ccc(C(=O)[C@@H]2[C@H](C(=O)c3ccc(OC)c(OC)c3)N3c4ccccc4C=C[C@@H]3[C@]23C(=O)Nc2ccccc23)cc1OC. The quantitative estimate of drug-likeness (QED) is 0.256. The molecular formula is C37H32N2O7. The molecule has 0 bridgehead atoms. The van der Waals surface area contributed by atoms with Gasteiger partial charge in [0.25, 0.3) is 0 Å². The zero-order chi connectivity index (χ0) is 32.2. The Hall–Kier alpha value is -5.57. The summed E-state index contributed by atoms with van der Waals surface area (Å²) in [5, 5.41) is 3.05. The number of para-hydroxylation sites is 2. The maximum absolute atomic E-state index is 15.1. The van der Waals surface area contributed by atoms with Gasteiger partial charge in [0, 0.05) is 22.5 Å². The van der Waals surface area contributed by atoms with E-state index in [1.165, 1.54) is 28.4 Å². The minimum Gasteiger partial charge on any atom is -0.493 e. The molecule has 1 N–H and O–H groups in total. The zero-order valence-electron chi connectivity index (χ0n) is 25.8. The predicted octanol–water partition coefficient (Wildman–Crippen LogP) is 5.58. The number of methoxy groups -OCH3 is 4. The standard InChI is InChI=1S/C37H32N2O7/c1-43-27-16-13-22(19-29(27)45-3)34(40)32-33(35(41)23-14-17-28(44-2)30(20-23)46-4)39-26-12-8-5-9-21(26)15-18-31(39)37(32)24-10-6-7-11-25(24)38-36(37)42/h5-20,31-33H,1-4H3,(H,38,42)/t31-,32+,33-,37+/m1/s1. The Morgan fingerprint density at radius 2 is 1.30 bits per heavy atom. The van der Waals surface area contributed by atoms with Gasteiger partial charge in [-0.05, 0) is 59.7 Å². The van der Waals surface area contributed by atoms with Crippen LogP contribution in [0, 0.1) is 5.92 Å². The second-order valence-corrected chi connectivity index (χ2v) is 11.4. The lowest BCUT2D eigenvalue weighted by Gasteiger charge is -2.37. The van der Waals surface area contributed by atoms with Crippen LogP contribution in [0.15, 0.2) is 91.0 Å². The van der Waals surface area contributed by atoms with Crippen molar-refractivity contribution in [2.45, 2.75) is 17.5 Å². The molecule has 0 unspecified atom stereocenters. The monoisotopic (exact) mass is 616 g/mol. The van der Waals surface area contributed by atoms with E-state index in [0.29, 0.717) is 45.4 Å². The van der Waals surface area contributed by atoms with E-state index in [4.69, 9.17) is 18.9 Å². The fourth-order valence-corrected chi connectivity index (χ4v) is 7.45. The molecule has 9 heteroatoms. The molecule has 1 saturated heterocycles. The van der Waals surface area contributed by atoms with Gasteiger partial charge in [-0.3, -0.25) is 14.4 Å². The number of Topliss-reactive ketones (excluding diaryl/α,β-unsaturated/α-hetero) is 2. The third-order valence-electron chi connectivity index (χ3n) is 9.43. The number of hydrogen-bond acceptors (Lipinski definition) is 8. The normalized spacial score (nSPS) is 22.0. The number of carbonyl (C=O) groups excluding carboxylic acids is 3. The van der Waals surface area contributed by atoms with E-state index >= 15 is 9.59 Å². The van der Waals surface area contributed by atoms with Gasteiger partial charge in [0.2, 0.25) is 5.91 Å². The Bertz CT molecular complexity index is 1930. The van der Waals surface area contributed by atoms with Crippen molar-refractivity contribution >= 4 is 34.9 Å². The van der Waals surface area contributed by atoms with E-state index in [9.17, 15) is 4.79 Å². The average molecular weight is 617 g/mol. The van der Waals surface area contributed by atoms with Crippen molar-refractivity contribution in [3.63, 3.8) is 0 Å². The first-order valence-electron chi connectivity index (χ1n) is 14.9. The summed E-state index contributed by atoms with van der Waals surface area (Å²) in [7, 11) is 6.04. The van der Waals surface area contributed by atoms with Crippen LogP contribution in [0.1, 0.15) is 31.8 Å². The molecule has 9 nitrogen and oxygen atoms in total. The summed E-state index contributed by atoms with van der Waals surface area (Å²) in [6.07, 6.45) is 3.91. The van der Waals surface area contributed by atoms with Crippen LogP contribution < -0.4 is 29.2 Å². The molecule has 0 aromatic heterocycles. The summed E-state index contributed by atoms with van der Waals surface area (Å²) in [6.45, 7) is 0. The summed E-state index contributed by atoms with van der Waals surface area (Å²) >= 11 is 0. The molecule has 0 saturated carbocycles. The number of ketones is 2. The van der Waals surface area contributed by atoms with Crippen molar-refractivity contribution in [3.8, 4) is 23.0 Å². The highest BCUT2D eigenvalue weighted by atomic mass is 16.5. The van der Waals surface area contributed by atoms with Crippen molar-refractivity contribution in [2.75, 3.05) is 38.7 Å². The topological polar surface area (TPSA) is 103 Å². The summed E-state index contributed by atoms with van der Waals surface area (Å²) in [5.74, 6) is -0.518. The summed E-state index contributed by atoms with van der Waals surface area (Å²) < 4.78 is 22.0. The summed E-state index contributed by atoms with van der Waals surface area (Å²) in [5.41, 5.74) is 2.09. The molecule has 232 valence electrons. The number of fused-ring (bicyclic) bond motifs is 6. The fraction of sp³-hybridized carbons (Fsp3) is 0.216. The molecule has 46 heavy (non-hydrogen) atoms. The highest BCUT2D eigenvalue weighted by Crippen LogP contribution is 2.58. The molecular weight excluding hydrogens is 584 g/mol. The lowest BCUT2D eigenvalue weighted by Crippen LogP contribution is -2.51. The lowest BCUT2D eigenvalue weighted by atomic mass is 9.64. The number of benzene rings is 4. The van der Waals surface area contributed by atoms with Crippen LogP contribution in [0.25, 0.3) is 6.08 Å². The number of carbonyl (C=O) groups is 3. The van der Waals surface area contributed by atoms with E-state index < -0.39 is 23.4 Å². The van der Waals surface area contributed by atoms with E-state index in [0.717, 1.165) is 11.3 Å². The van der Waals surface area contributed by atoms with Crippen LogP contribution in [0.3, 0.4) is 0 Å². The molecule has 7 rings (SSSR count). The first-order chi connectivity index (χ1) is 22.4. The lowest BCUT2D eigenvalue weighted by molar-refractivity contribution is -0.121. The first-order valence-corrected chi connectivity index (χ1v) is 14.9. The molecule has 1 amide bonds. The smallest absolute Gasteiger partial charge is 0.238 e. The molecule has 4 atom stereocenters. The largest absolute Gasteiger partial charge is 0.493 e. The molecule has 3 heterocycles. The van der Waals surface area contributed by atoms with Crippen LogP contribution in [-0.4, -0.2) is 58.0 Å². The number of nitrogens with zero attached hydrogens (tertiary/aromatic N) is 1. The van der Waals surface area contributed by atoms with Crippen molar-refractivity contribution in [1.29, 1.82) is 0 Å². The highest BCUT2D eigenvalue weighted by Gasteiger charge is 2.70. The number of hydrogen-bond donors (Lipinski definition) is 1. The third kappa shape index (κ3) is 4.04. The minimum absolute atomic E-state index is 0.293. The Morgan fingerprint density at radius 3 is 1.96 bits per heavy atom. The van der Waals surface area contributed by atoms with Crippen LogP contribution in [-0.2, 0) is 10.2 Å². The van der Waals surface area contributed by atoms with Gasteiger partial charge in [0.15, 0.2) is 34.6 Å². The van der Waals surface area contributed by atoms with Crippen LogP contribution in [0.2, 0.25) is 0 Å². The Kier molecular flexibility index (Phi) is 7.04. The Labute approximate surface area is 266 Å². The fourth-order valence-electron chi connectivity index (χ4n) is 7.45. The van der Waals surface area contributed by atoms with Crippen LogP contribution in [0.5, 0.6) is 23.0 Å². The maximum atomic E-state index is 15.1. The summed E-state index contributed by atoms with van der Waals surface area (Å²) in [4.78, 5) is 46.7. The Balaban J connectivity index is 1.51. The Morgan fingerprint density at radius 1 is 0.717 bits per heavy atom. The summed E-state index contributed by atoms with van der Waals surface area (Å²) in [6, 6.07) is 23.2. The van der Waals surface area contributed by atoms with Gasteiger partial charge in [-0.2, -0.15) is 0 Å². The van der Waals surface area contributed by atoms with Crippen molar-refractivity contribution in [3.05, 3.63) is 113 Å². The van der Waals surface area contributed by atoms with Gasteiger partial charge in [0.05, 0.1) is 40.4 Å². The maximum Gasteiger partial charge on any atom is 0.238 e. The molecule has 3 aliphatic rings. The molecule has 3 aliphatic heterocycles. The highest BCUT2D eigenvalue weighted by molar-refractivity contribution is 6.18. The van der Waals surface area contributed by atoms with Crippen LogP contribution >= 0.6 is 0 Å². The van der Waals surface area contributed by atoms with E-state index in [1.807, 2.05) is 65.6 Å². The van der Waals surface area contributed by atoms with Gasteiger partial charge >= 0.3 is 0 Å². The number of ether oxygens (including phenoxy) is 4. The second-order valence-electron chi connectivity index (χ2n) is 11.4.